The van der Waals surface area contributed by atoms with Gasteiger partial charge in [-0.2, -0.15) is 0 Å². The van der Waals surface area contributed by atoms with E-state index >= 15 is 0 Å². The van der Waals surface area contributed by atoms with Crippen LogP contribution in [0.1, 0.15) is 26.3 Å². The molecule has 1 atom stereocenters. The van der Waals surface area contributed by atoms with Crippen LogP contribution in [0.2, 0.25) is 5.02 Å². The highest BCUT2D eigenvalue weighted by Crippen LogP contribution is 2.18. The lowest BCUT2D eigenvalue weighted by atomic mass is 10.0. The zero-order valence-electron chi connectivity index (χ0n) is 13.7. The molecule has 0 aliphatic carbocycles. The number of ether oxygens (including phenoxy) is 2. The van der Waals surface area contributed by atoms with Crippen molar-refractivity contribution in [3.63, 3.8) is 0 Å². The molecule has 6 heteroatoms. The van der Waals surface area contributed by atoms with E-state index in [1.807, 2.05) is 6.07 Å². The molecule has 0 aromatic heterocycles. The van der Waals surface area contributed by atoms with Gasteiger partial charge in [-0.25, -0.2) is 4.79 Å². The van der Waals surface area contributed by atoms with Gasteiger partial charge in [-0.3, -0.25) is 9.69 Å². The summed E-state index contributed by atoms with van der Waals surface area (Å²) < 4.78 is 10.8. The lowest BCUT2D eigenvalue weighted by Gasteiger charge is -2.35. The maximum atomic E-state index is 12.6. The van der Waals surface area contributed by atoms with E-state index < -0.39 is 17.7 Å². The summed E-state index contributed by atoms with van der Waals surface area (Å²) in [5, 5.41) is 0.583. The van der Waals surface area contributed by atoms with Crippen LogP contribution >= 0.6 is 11.6 Å². The summed E-state index contributed by atoms with van der Waals surface area (Å²) in [6.45, 7) is 6.34. The number of carbonyl (C=O) groups is 2. The molecule has 0 N–H and O–H groups in total. The highest BCUT2D eigenvalue weighted by atomic mass is 35.5. The Morgan fingerprint density at radius 3 is 2.78 bits per heavy atom. The van der Waals surface area contributed by atoms with E-state index in [1.54, 1.807) is 39.0 Å². The van der Waals surface area contributed by atoms with Gasteiger partial charge in [0.25, 0.3) is 0 Å². The fraction of sp³-hybridized carbons (Fsp3) is 0.529. The normalized spacial score (nSPS) is 18.6. The summed E-state index contributed by atoms with van der Waals surface area (Å²) in [7, 11) is 0. The number of carbonyl (C=O) groups excluding carboxylic acids is 2. The fourth-order valence-electron chi connectivity index (χ4n) is 2.38. The highest BCUT2D eigenvalue weighted by Gasteiger charge is 2.35. The van der Waals surface area contributed by atoms with Gasteiger partial charge in [0.15, 0.2) is 5.78 Å². The molecule has 1 fully saturated rings. The Morgan fingerprint density at radius 1 is 1.39 bits per heavy atom. The molecule has 1 aromatic carbocycles. The van der Waals surface area contributed by atoms with Gasteiger partial charge in [-0.05, 0) is 38.5 Å². The van der Waals surface area contributed by atoms with Gasteiger partial charge >= 0.3 is 6.09 Å². The molecule has 5 nitrogen and oxygen atoms in total. The lowest BCUT2D eigenvalue weighted by Crippen LogP contribution is -2.54. The first kappa shape index (κ1) is 17.8. The first-order valence-electron chi connectivity index (χ1n) is 7.61. The molecule has 23 heavy (non-hydrogen) atoms. The number of benzene rings is 1. The molecular formula is C17H22ClNO4. The second-order valence-electron chi connectivity index (χ2n) is 6.54. The topological polar surface area (TPSA) is 55.8 Å². The Labute approximate surface area is 141 Å². The van der Waals surface area contributed by atoms with Crippen LogP contribution in [0.15, 0.2) is 24.3 Å². The van der Waals surface area contributed by atoms with Crippen LogP contribution < -0.4 is 0 Å². The van der Waals surface area contributed by atoms with Crippen LogP contribution in [-0.4, -0.2) is 48.2 Å². The van der Waals surface area contributed by atoms with Crippen molar-refractivity contribution >= 4 is 23.5 Å². The summed E-state index contributed by atoms with van der Waals surface area (Å²) in [5.74, 6) is -0.0853. The van der Waals surface area contributed by atoms with E-state index in [-0.39, 0.29) is 18.8 Å². The molecule has 1 aliphatic heterocycles. The Balaban J connectivity index is 2.08. The lowest BCUT2D eigenvalue weighted by molar-refractivity contribution is -0.129. The Kier molecular flexibility index (Phi) is 5.65. The van der Waals surface area contributed by atoms with Gasteiger partial charge in [-0.15, -0.1) is 0 Å². The van der Waals surface area contributed by atoms with Crippen molar-refractivity contribution in [3.05, 3.63) is 34.9 Å². The van der Waals surface area contributed by atoms with Gasteiger partial charge in [0.2, 0.25) is 0 Å². The number of nitrogens with zero attached hydrogens (tertiary/aromatic N) is 1. The van der Waals surface area contributed by atoms with E-state index in [0.29, 0.717) is 18.2 Å². The molecule has 0 radical (unpaired) electrons. The summed E-state index contributed by atoms with van der Waals surface area (Å²) in [6.07, 6.45) is -0.279. The number of Topliss-reactive ketones (excluding diaryl/α,β-unsaturated/α-hetero) is 1. The molecular weight excluding hydrogens is 318 g/mol. The molecule has 1 aliphatic rings. The van der Waals surface area contributed by atoms with Crippen molar-refractivity contribution in [2.24, 2.45) is 0 Å². The maximum Gasteiger partial charge on any atom is 0.411 e. The quantitative estimate of drug-likeness (QED) is 0.849. The van der Waals surface area contributed by atoms with Gasteiger partial charge in [0, 0.05) is 18.0 Å². The zero-order valence-corrected chi connectivity index (χ0v) is 14.4. The average molecular weight is 340 g/mol. The van der Waals surface area contributed by atoms with Crippen LogP contribution in [-0.2, 0) is 20.7 Å². The van der Waals surface area contributed by atoms with Crippen molar-refractivity contribution in [3.8, 4) is 0 Å². The number of rotatable bonds is 3. The van der Waals surface area contributed by atoms with Crippen LogP contribution in [0, 0.1) is 0 Å². The molecule has 1 amide bonds. The first-order chi connectivity index (χ1) is 10.8. The minimum atomic E-state index is -0.627. The third-order valence-electron chi connectivity index (χ3n) is 3.40. The van der Waals surface area contributed by atoms with E-state index in [9.17, 15) is 9.59 Å². The molecule has 0 spiro atoms. The highest BCUT2D eigenvalue weighted by molar-refractivity contribution is 6.30. The van der Waals surface area contributed by atoms with Crippen LogP contribution in [0.4, 0.5) is 4.79 Å². The van der Waals surface area contributed by atoms with Crippen molar-refractivity contribution in [2.75, 3.05) is 19.8 Å². The SMILES string of the molecule is CC(C)(C)OC(=O)N1CCOCC1C(=O)Cc1cccc(Cl)c1. The van der Waals surface area contributed by atoms with Crippen LogP contribution in [0.5, 0.6) is 0 Å². The summed E-state index contributed by atoms with van der Waals surface area (Å²) >= 11 is 5.95. The zero-order chi connectivity index (χ0) is 17.0. The third-order valence-corrected chi connectivity index (χ3v) is 3.63. The monoisotopic (exact) mass is 339 g/mol. The van der Waals surface area contributed by atoms with E-state index in [1.165, 1.54) is 4.90 Å². The average Bonchev–Trinajstić information content (AvgIpc) is 2.45. The number of morpholine rings is 1. The Morgan fingerprint density at radius 2 is 2.13 bits per heavy atom. The second kappa shape index (κ2) is 7.32. The number of ketones is 1. The number of amides is 1. The molecule has 1 unspecified atom stereocenters. The predicted octanol–water partition coefficient (Wildman–Crippen LogP) is 3.09. The van der Waals surface area contributed by atoms with E-state index in [2.05, 4.69) is 0 Å². The molecule has 0 bridgehead atoms. The molecule has 1 aromatic rings. The van der Waals surface area contributed by atoms with E-state index in [4.69, 9.17) is 21.1 Å². The Bertz CT molecular complexity index is 582. The molecule has 1 heterocycles. The van der Waals surface area contributed by atoms with E-state index in [0.717, 1.165) is 5.56 Å². The summed E-state index contributed by atoms with van der Waals surface area (Å²) in [4.78, 5) is 26.4. The largest absolute Gasteiger partial charge is 0.444 e. The Hall–Kier alpha value is -1.59. The molecule has 1 saturated heterocycles. The third kappa shape index (κ3) is 5.22. The fourth-order valence-corrected chi connectivity index (χ4v) is 2.59. The maximum absolute atomic E-state index is 12.6. The van der Waals surface area contributed by atoms with Gasteiger partial charge in [0.05, 0.1) is 13.2 Å². The predicted molar refractivity (Wildman–Crippen MR) is 87.7 cm³/mol. The number of halogens is 1. The number of hydrogen-bond donors (Lipinski definition) is 0. The molecule has 2 rings (SSSR count). The summed E-state index contributed by atoms with van der Waals surface area (Å²) in [5.41, 5.74) is 0.216. The smallest absolute Gasteiger partial charge is 0.411 e. The minimum Gasteiger partial charge on any atom is -0.444 e. The molecule has 0 saturated carbocycles. The molecule has 126 valence electrons. The van der Waals surface area contributed by atoms with Crippen molar-refractivity contribution in [1.29, 1.82) is 0 Å². The summed E-state index contributed by atoms with van der Waals surface area (Å²) in [6, 6.07) is 6.52. The minimum absolute atomic E-state index is 0.0853. The van der Waals surface area contributed by atoms with Crippen LogP contribution in [0.3, 0.4) is 0 Å². The van der Waals surface area contributed by atoms with Crippen molar-refractivity contribution in [2.45, 2.75) is 38.8 Å². The first-order valence-corrected chi connectivity index (χ1v) is 7.98. The van der Waals surface area contributed by atoms with Gasteiger partial charge < -0.3 is 9.47 Å². The van der Waals surface area contributed by atoms with Gasteiger partial charge in [0.1, 0.15) is 11.6 Å². The standard InChI is InChI=1S/C17H22ClNO4/c1-17(2,3)23-16(21)19-7-8-22-11-14(19)15(20)10-12-5-4-6-13(18)9-12/h4-6,9,14H,7-8,10-11H2,1-3H3. The van der Waals surface area contributed by atoms with Crippen molar-refractivity contribution < 1.29 is 19.1 Å². The number of hydrogen-bond acceptors (Lipinski definition) is 4. The van der Waals surface area contributed by atoms with Gasteiger partial charge in [-0.1, -0.05) is 23.7 Å². The second-order valence-corrected chi connectivity index (χ2v) is 6.97. The van der Waals surface area contributed by atoms with Crippen LogP contribution in [0.25, 0.3) is 0 Å². The van der Waals surface area contributed by atoms with Crippen molar-refractivity contribution in [1.82, 2.24) is 4.90 Å².